The van der Waals surface area contributed by atoms with Crippen molar-refractivity contribution in [2.24, 2.45) is 0 Å². The summed E-state index contributed by atoms with van der Waals surface area (Å²) < 4.78 is 12.8. The molecule has 0 unspecified atom stereocenters. The van der Waals surface area contributed by atoms with Crippen LogP contribution in [0.3, 0.4) is 0 Å². The lowest BCUT2D eigenvalue weighted by atomic mass is 10.2. The average molecular weight is 279 g/mol. The standard InChI is InChI=1S/C13H14FN3OS/c1-17(2)7-11-8-19-13(15-11)16-12(18)9-3-5-10(14)6-4-9/h3-6,8H,7H2,1-2H3,(H,15,16,18). The molecule has 0 bridgehead atoms. The number of benzene rings is 1. The van der Waals surface area contributed by atoms with Crippen LogP contribution in [0.5, 0.6) is 0 Å². The first-order valence-electron chi connectivity index (χ1n) is 5.70. The van der Waals surface area contributed by atoms with Crippen molar-refractivity contribution in [3.63, 3.8) is 0 Å². The molecule has 100 valence electrons. The first-order valence-corrected chi connectivity index (χ1v) is 6.58. The van der Waals surface area contributed by atoms with Crippen LogP contribution in [0, 0.1) is 5.82 Å². The number of aromatic nitrogens is 1. The third-order valence-corrected chi connectivity index (χ3v) is 3.16. The molecule has 0 atom stereocenters. The van der Waals surface area contributed by atoms with Crippen LogP contribution in [0.1, 0.15) is 16.1 Å². The van der Waals surface area contributed by atoms with E-state index in [1.165, 1.54) is 35.6 Å². The second-order valence-electron chi connectivity index (χ2n) is 4.34. The maximum Gasteiger partial charge on any atom is 0.257 e. The highest BCUT2D eigenvalue weighted by Gasteiger charge is 2.09. The highest BCUT2D eigenvalue weighted by atomic mass is 32.1. The Kier molecular flexibility index (Phi) is 4.24. The van der Waals surface area contributed by atoms with Crippen molar-refractivity contribution in [2.45, 2.75) is 6.54 Å². The van der Waals surface area contributed by atoms with Crippen molar-refractivity contribution in [1.29, 1.82) is 0 Å². The summed E-state index contributed by atoms with van der Waals surface area (Å²) in [4.78, 5) is 18.2. The van der Waals surface area contributed by atoms with Crippen LogP contribution in [0.25, 0.3) is 0 Å². The number of rotatable bonds is 4. The quantitative estimate of drug-likeness (QED) is 0.935. The molecule has 0 aliphatic rings. The normalized spacial score (nSPS) is 10.7. The molecule has 0 saturated carbocycles. The number of hydrogen-bond acceptors (Lipinski definition) is 4. The molecule has 1 heterocycles. The Morgan fingerprint density at radius 1 is 1.37 bits per heavy atom. The minimum Gasteiger partial charge on any atom is -0.304 e. The molecular weight excluding hydrogens is 265 g/mol. The van der Waals surface area contributed by atoms with Gasteiger partial charge in [-0.25, -0.2) is 9.37 Å². The van der Waals surface area contributed by atoms with Crippen LogP contribution in [-0.2, 0) is 6.54 Å². The fourth-order valence-electron chi connectivity index (χ4n) is 1.53. The zero-order valence-corrected chi connectivity index (χ0v) is 11.5. The summed E-state index contributed by atoms with van der Waals surface area (Å²) in [5, 5.41) is 5.15. The molecule has 1 aromatic heterocycles. The van der Waals surface area contributed by atoms with Crippen LogP contribution >= 0.6 is 11.3 Å². The molecule has 4 nitrogen and oxygen atoms in total. The summed E-state index contributed by atoms with van der Waals surface area (Å²) in [7, 11) is 3.91. The molecule has 1 N–H and O–H groups in total. The molecule has 0 aliphatic heterocycles. The van der Waals surface area contributed by atoms with Crippen molar-refractivity contribution < 1.29 is 9.18 Å². The van der Waals surface area contributed by atoms with Crippen LogP contribution < -0.4 is 5.32 Å². The lowest BCUT2D eigenvalue weighted by Gasteiger charge is -2.05. The first-order chi connectivity index (χ1) is 9.04. The minimum absolute atomic E-state index is 0.286. The first kappa shape index (κ1) is 13.6. The van der Waals surface area contributed by atoms with Crippen molar-refractivity contribution in [1.82, 2.24) is 9.88 Å². The molecule has 6 heteroatoms. The number of hydrogen-bond donors (Lipinski definition) is 1. The molecule has 0 fully saturated rings. The van der Waals surface area contributed by atoms with E-state index < -0.39 is 0 Å². The summed E-state index contributed by atoms with van der Waals surface area (Å²) in [6, 6.07) is 5.40. The summed E-state index contributed by atoms with van der Waals surface area (Å²) in [5.74, 6) is -0.648. The third kappa shape index (κ3) is 3.84. The average Bonchev–Trinajstić information content (AvgIpc) is 2.76. The Morgan fingerprint density at radius 2 is 2.05 bits per heavy atom. The van der Waals surface area contributed by atoms with E-state index in [1.54, 1.807) is 0 Å². The van der Waals surface area contributed by atoms with Gasteiger partial charge in [-0.1, -0.05) is 0 Å². The lowest BCUT2D eigenvalue weighted by molar-refractivity contribution is 0.102. The van der Waals surface area contributed by atoms with E-state index in [-0.39, 0.29) is 11.7 Å². The predicted octanol–water partition coefficient (Wildman–Crippen LogP) is 2.60. The lowest BCUT2D eigenvalue weighted by Crippen LogP contribution is -2.13. The molecule has 0 spiro atoms. The van der Waals surface area contributed by atoms with Gasteiger partial charge in [-0.15, -0.1) is 11.3 Å². The number of carbonyl (C=O) groups excluding carboxylic acids is 1. The van der Waals surface area contributed by atoms with E-state index in [9.17, 15) is 9.18 Å². The fourth-order valence-corrected chi connectivity index (χ4v) is 2.23. The zero-order valence-electron chi connectivity index (χ0n) is 10.7. The summed E-state index contributed by atoms with van der Waals surface area (Å²) in [6.07, 6.45) is 0. The molecule has 2 aromatic rings. The van der Waals surface area contributed by atoms with Gasteiger partial charge in [0.15, 0.2) is 5.13 Å². The molecule has 19 heavy (non-hydrogen) atoms. The Labute approximate surface area is 114 Å². The summed E-state index contributed by atoms with van der Waals surface area (Å²) in [5.41, 5.74) is 1.31. The van der Waals surface area contributed by atoms with Crippen molar-refractivity contribution in [3.8, 4) is 0 Å². The molecule has 1 aromatic carbocycles. The molecule has 2 rings (SSSR count). The zero-order chi connectivity index (χ0) is 13.8. The van der Waals surface area contributed by atoms with Gasteiger partial charge in [0.25, 0.3) is 5.91 Å². The monoisotopic (exact) mass is 279 g/mol. The molecule has 0 saturated heterocycles. The second kappa shape index (κ2) is 5.90. The van der Waals surface area contributed by atoms with E-state index in [1.807, 2.05) is 24.4 Å². The Morgan fingerprint density at radius 3 is 2.68 bits per heavy atom. The van der Waals surface area contributed by atoms with Gasteiger partial charge in [-0.3, -0.25) is 10.1 Å². The number of nitrogens with one attached hydrogen (secondary N) is 1. The van der Waals surface area contributed by atoms with Gasteiger partial charge < -0.3 is 4.90 Å². The number of anilines is 1. The van der Waals surface area contributed by atoms with Gasteiger partial charge >= 0.3 is 0 Å². The maximum atomic E-state index is 12.8. The van der Waals surface area contributed by atoms with Gasteiger partial charge in [-0.05, 0) is 38.4 Å². The molecular formula is C13H14FN3OS. The topological polar surface area (TPSA) is 45.2 Å². The van der Waals surface area contributed by atoms with Gasteiger partial charge in [-0.2, -0.15) is 0 Å². The Hall–Kier alpha value is -1.79. The van der Waals surface area contributed by atoms with E-state index in [0.717, 1.165) is 12.2 Å². The number of halogens is 1. The fraction of sp³-hybridized carbons (Fsp3) is 0.231. The number of carbonyl (C=O) groups is 1. The Bertz CT molecular complexity index is 566. The van der Waals surface area contributed by atoms with Crippen LogP contribution in [0.4, 0.5) is 9.52 Å². The van der Waals surface area contributed by atoms with Crippen molar-refractivity contribution in [3.05, 3.63) is 46.7 Å². The van der Waals surface area contributed by atoms with Crippen molar-refractivity contribution in [2.75, 3.05) is 19.4 Å². The maximum absolute atomic E-state index is 12.8. The van der Waals surface area contributed by atoms with Gasteiger partial charge in [0.1, 0.15) is 5.82 Å². The van der Waals surface area contributed by atoms with Crippen LogP contribution in [0.15, 0.2) is 29.6 Å². The highest BCUT2D eigenvalue weighted by Crippen LogP contribution is 2.17. The number of amides is 1. The number of nitrogens with zero attached hydrogens (tertiary/aromatic N) is 2. The van der Waals surface area contributed by atoms with Gasteiger partial charge in [0, 0.05) is 17.5 Å². The van der Waals surface area contributed by atoms with E-state index in [4.69, 9.17) is 0 Å². The molecule has 0 radical (unpaired) electrons. The largest absolute Gasteiger partial charge is 0.304 e. The van der Waals surface area contributed by atoms with E-state index in [0.29, 0.717) is 10.7 Å². The summed E-state index contributed by atoms with van der Waals surface area (Å²) >= 11 is 1.37. The highest BCUT2D eigenvalue weighted by molar-refractivity contribution is 7.13. The van der Waals surface area contributed by atoms with Gasteiger partial charge in [0.05, 0.1) is 5.69 Å². The van der Waals surface area contributed by atoms with Gasteiger partial charge in [0.2, 0.25) is 0 Å². The SMILES string of the molecule is CN(C)Cc1csc(NC(=O)c2ccc(F)cc2)n1. The number of thiazole rings is 1. The van der Waals surface area contributed by atoms with Crippen LogP contribution in [-0.4, -0.2) is 29.9 Å². The predicted molar refractivity (Wildman–Crippen MR) is 73.9 cm³/mol. The Balaban J connectivity index is 2.02. The second-order valence-corrected chi connectivity index (χ2v) is 5.20. The molecule has 1 amide bonds. The van der Waals surface area contributed by atoms with E-state index >= 15 is 0 Å². The minimum atomic E-state index is -0.362. The summed E-state index contributed by atoms with van der Waals surface area (Å²) in [6.45, 7) is 0.725. The van der Waals surface area contributed by atoms with Crippen LogP contribution in [0.2, 0.25) is 0 Å². The smallest absolute Gasteiger partial charge is 0.257 e. The molecule has 0 aliphatic carbocycles. The third-order valence-electron chi connectivity index (χ3n) is 2.36. The van der Waals surface area contributed by atoms with E-state index in [2.05, 4.69) is 10.3 Å². The van der Waals surface area contributed by atoms with Crippen molar-refractivity contribution >= 4 is 22.4 Å².